The van der Waals surface area contributed by atoms with Gasteiger partial charge in [-0.25, -0.2) is 8.78 Å². The average Bonchev–Trinajstić information content (AvgIpc) is 3.05. The molecule has 0 radical (unpaired) electrons. The monoisotopic (exact) mass is 401 g/mol. The number of carbonyl (C=O) groups is 1. The zero-order chi connectivity index (χ0) is 21.0. The Bertz CT molecular complexity index is 958. The van der Waals surface area contributed by atoms with Gasteiger partial charge in [-0.05, 0) is 54.9 Å². The minimum absolute atomic E-state index is 0.164. The van der Waals surface area contributed by atoms with E-state index in [1.54, 1.807) is 11.0 Å². The second-order valence-corrected chi connectivity index (χ2v) is 8.59. The molecule has 1 amide bonds. The van der Waals surface area contributed by atoms with Gasteiger partial charge in [0.25, 0.3) is 0 Å². The molecule has 2 atom stereocenters. The zero-order valence-electron chi connectivity index (χ0n) is 16.9. The van der Waals surface area contributed by atoms with E-state index in [9.17, 15) is 18.7 Å². The molecule has 0 aliphatic heterocycles. The van der Waals surface area contributed by atoms with E-state index in [1.807, 2.05) is 6.92 Å². The summed E-state index contributed by atoms with van der Waals surface area (Å²) in [6, 6.07) is 5.52. The van der Waals surface area contributed by atoms with Crippen LogP contribution in [0.2, 0.25) is 0 Å². The molecule has 0 spiro atoms. The van der Waals surface area contributed by atoms with Crippen molar-refractivity contribution >= 4 is 5.91 Å². The van der Waals surface area contributed by atoms with Gasteiger partial charge >= 0.3 is 0 Å². The molecule has 1 aromatic heterocycles. The summed E-state index contributed by atoms with van der Waals surface area (Å²) in [7, 11) is 0. The van der Waals surface area contributed by atoms with Crippen molar-refractivity contribution in [2.45, 2.75) is 44.9 Å². The van der Waals surface area contributed by atoms with Crippen molar-refractivity contribution in [1.82, 2.24) is 15.1 Å². The second-order valence-electron chi connectivity index (χ2n) is 8.59. The molecule has 2 aromatic rings. The second kappa shape index (κ2) is 6.83. The van der Waals surface area contributed by atoms with E-state index in [1.165, 1.54) is 18.2 Å². The van der Waals surface area contributed by atoms with Crippen molar-refractivity contribution in [3.8, 4) is 11.3 Å². The van der Waals surface area contributed by atoms with Crippen LogP contribution in [0.15, 0.2) is 24.3 Å². The van der Waals surface area contributed by atoms with E-state index in [-0.39, 0.29) is 28.5 Å². The fraction of sp³-hybridized carbons (Fsp3) is 0.500. The predicted molar refractivity (Wildman–Crippen MR) is 104 cm³/mol. The quantitative estimate of drug-likeness (QED) is 0.834. The van der Waals surface area contributed by atoms with Crippen LogP contribution in [0.5, 0.6) is 0 Å². The van der Waals surface area contributed by atoms with Gasteiger partial charge in [0.1, 0.15) is 18.2 Å². The molecule has 2 aliphatic carbocycles. The van der Waals surface area contributed by atoms with Gasteiger partial charge in [0.15, 0.2) is 0 Å². The van der Waals surface area contributed by atoms with Gasteiger partial charge < -0.3 is 10.0 Å². The number of hydrogen-bond acceptors (Lipinski definition) is 4. The van der Waals surface area contributed by atoms with E-state index in [2.05, 4.69) is 24.0 Å². The number of carbonyl (C=O) groups excluding carboxylic acids is 1. The maximum atomic E-state index is 14.3. The Morgan fingerprint density at radius 3 is 2.59 bits per heavy atom. The molecule has 2 bridgehead atoms. The van der Waals surface area contributed by atoms with E-state index < -0.39 is 23.7 Å². The standard InChI is InChI=1S/C22H25F2N3O2/c1-4-27(18(29)11-28)12-22-9-8-14(21(22,2)3)13-10-17(25-26-20(13)22)19-15(23)6-5-7-16(19)24/h5-7,10,14,28H,4,8-9,11-12H2,1-3H3/t14-,22-/m0/s1. The largest absolute Gasteiger partial charge is 0.387 e. The summed E-state index contributed by atoms with van der Waals surface area (Å²) >= 11 is 0. The highest BCUT2D eigenvalue weighted by Crippen LogP contribution is 2.67. The molecule has 1 heterocycles. The van der Waals surface area contributed by atoms with Crippen LogP contribution in [-0.4, -0.2) is 45.8 Å². The number of hydrogen-bond donors (Lipinski definition) is 1. The molecule has 1 fully saturated rings. The van der Waals surface area contributed by atoms with Crippen molar-refractivity contribution in [3.63, 3.8) is 0 Å². The van der Waals surface area contributed by atoms with Crippen LogP contribution in [0.4, 0.5) is 8.78 Å². The first kappa shape index (κ1) is 19.9. The van der Waals surface area contributed by atoms with Crippen molar-refractivity contribution in [3.05, 3.63) is 47.2 Å². The Labute approximate surface area is 168 Å². The van der Waals surface area contributed by atoms with Gasteiger partial charge in [-0.3, -0.25) is 4.79 Å². The minimum atomic E-state index is -0.665. The Morgan fingerprint density at radius 2 is 1.97 bits per heavy atom. The first-order valence-electron chi connectivity index (χ1n) is 9.98. The van der Waals surface area contributed by atoms with Gasteiger partial charge in [-0.1, -0.05) is 19.9 Å². The summed E-state index contributed by atoms with van der Waals surface area (Å²) in [6.45, 7) is 6.61. The lowest BCUT2D eigenvalue weighted by molar-refractivity contribution is -0.135. The highest BCUT2D eigenvalue weighted by molar-refractivity contribution is 5.77. The van der Waals surface area contributed by atoms with Crippen LogP contribution in [0.3, 0.4) is 0 Å². The molecule has 29 heavy (non-hydrogen) atoms. The highest BCUT2D eigenvalue weighted by atomic mass is 19.1. The van der Waals surface area contributed by atoms with Gasteiger partial charge in [0.05, 0.1) is 17.0 Å². The molecule has 1 aromatic carbocycles. The molecule has 0 saturated heterocycles. The maximum Gasteiger partial charge on any atom is 0.248 e. The van der Waals surface area contributed by atoms with Gasteiger partial charge in [0, 0.05) is 18.5 Å². The third-order valence-corrected chi connectivity index (χ3v) is 7.17. The summed E-state index contributed by atoms with van der Waals surface area (Å²) in [6.07, 6.45) is 1.77. The van der Waals surface area contributed by atoms with E-state index in [0.717, 1.165) is 24.1 Å². The minimum Gasteiger partial charge on any atom is -0.387 e. The van der Waals surface area contributed by atoms with Crippen LogP contribution in [0.1, 0.15) is 50.8 Å². The molecule has 154 valence electrons. The lowest BCUT2D eigenvalue weighted by Gasteiger charge is -2.41. The van der Waals surface area contributed by atoms with Crippen molar-refractivity contribution in [2.75, 3.05) is 19.7 Å². The van der Waals surface area contributed by atoms with Crippen molar-refractivity contribution < 1.29 is 18.7 Å². The number of amides is 1. The number of halogens is 2. The molecule has 1 saturated carbocycles. The molecule has 5 nitrogen and oxygen atoms in total. The summed E-state index contributed by atoms with van der Waals surface area (Å²) in [5.41, 5.74) is 1.21. The number of fused-ring (bicyclic) bond motifs is 5. The predicted octanol–water partition coefficient (Wildman–Crippen LogP) is 3.42. The first-order chi connectivity index (χ1) is 13.8. The first-order valence-corrected chi connectivity index (χ1v) is 9.98. The molecule has 2 aliphatic rings. The van der Waals surface area contributed by atoms with E-state index in [4.69, 9.17) is 0 Å². The Hall–Kier alpha value is -2.41. The lowest BCUT2D eigenvalue weighted by Crippen LogP contribution is -2.49. The SMILES string of the molecule is CCN(C[C@@]12CC[C@@H](c3cc(-c4c(F)cccc4F)nnc31)C2(C)C)C(=O)CO. The summed E-state index contributed by atoms with van der Waals surface area (Å²) < 4.78 is 28.5. The number of aromatic nitrogens is 2. The number of likely N-dealkylation sites (N-methyl/N-ethyl adjacent to an activating group) is 1. The zero-order valence-corrected chi connectivity index (χ0v) is 16.9. The van der Waals surface area contributed by atoms with Crippen LogP contribution in [0.25, 0.3) is 11.3 Å². The Morgan fingerprint density at radius 1 is 1.28 bits per heavy atom. The maximum absolute atomic E-state index is 14.3. The molecule has 1 N–H and O–H groups in total. The fourth-order valence-corrected chi connectivity index (χ4v) is 5.44. The van der Waals surface area contributed by atoms with E-state index >= 15 is 0 Å². The molecular weight excluding hydrogens is 376 g/mol. The average molecular weight is 401 g/mol. The van der Waals surface area contributed by atoms with Crippen molar-refractivity contribution in [1.29, 1.82) is 0 Å². The van der Waals surface area contributed by atoms with Gasteiger partial charge in [-0.2, -0.15) is 10.2 Å². The lowest BCUT2D eigenvalue weighted by atomic mass is 9.68. The Balaban J connectivity index is 1.82. The molecular formula is C22H25F2N3O2. The molecule has 7 heteroatoms. The van der Waals surface area contributed by atoms with Crippen LogP contribution in [-0.2, 0) is 10.2 Å². The number of nitrogens with zero attached hydrogens (tertiary/aromatic N) is 3. The number of aliphatic hydroxyl groups excluding tert-OH is 1. The van der Waals surface area contributed by atoms with E-state index in [0.29, 0.717) is 13.1 Å². The smallest absolute Gasteiger partial charge is 0.248 e. The van der Waals surface area contributed by atoms with Crippen LogP contribution >= 0.6 is 0 Å². The number of rotatable bonds is 5. The topological polar surface area (TPSA) is 66.3 Å². The van der Waals surface area contributed by atoms with Crippen LogP contribution in [0, 0.1) is 17.0 Å². The third kappa shape index (κ3) is 2.70. The Kier molecular flexibility index (Phi) is 4.69. The summed E-state index contributed by atoms with van der Waals surface area (Å²) in [4.78, 5) is 13.9. The summed E-state index contributed by atoms with van der Waals surface area (Å²) in [5, 5.41) is 18.0. The molecule has 0 unspecified atom stereocenters. The van der Waals surface area contributed by atoms with Gasteiger partial charge in [0.2, 0.25) is 5.91 Å². The van der Waals surface area contributed by atoms with Crippen molar-refractivity contribution in [2.24, 2.45) is 5.41 Å². The highest BCUT2D eigenvalue weighted by Gasteiger charge is 2.63. The fourth-order valence-electron chi connectivity index (χ4n) is 5.44. The normalized spacial score (nSPS) is 23.9. The number of aliphatic hydroxyl groups is 1. The van der Waals surface area contributed by atoms with Crippen LogP contribution < -0.4 is 0 Å². The number of benzene rings is 1. The summed E-state index contributed by atoms with van der Waals surface area (Å²) in [5.74, 6) is -1.47. The van der Waals surface area contributed by atoms with Gasteiger partial charge in [-0.15, -0.1) is 0 Å². The third-order valence-electron chi connectivity index (χ3n) is 7.17. The molecule has 4 rings (SSSR count).